The molecule has 0 aliphatic rings. The van der Waals surface area contributed by atoms with Crippen molar-refractivity contribution in [1.82, 2.24) is 0 Å². The third-order valence-electron chi connectivity index (χ3n) is 1.39. The molecule has 0 aliphatic heterocycles. The second-order valence-corrected chi connectivity index (χ2v) is 2.56. The molecule has 0 aromatic rings. The van der Waals surface area contributed by atoms with Crippen LogP contribution in [-0.4, -0.2) is 35.7 Å². The average Bonchev–Trinajstić information content (AvgIpc) is 2.11. The summed E-state index contributed by atoms with van der Waals surface area (Å²) in [5, 5.41) is 8.41. The van der Waals surface area contributed by atoms with Gasteiger partial charge in [0.25, 0.3) is 0 Å². The van der Waals surface area contributed by atoms with E-state index >= 15 is 0 Å². The quantitative estimate of drug-likeness (QED) is 0.463. The van der Waals surface area contributed by atoms with Crippen LogP contribution in [0.25, 0.3) is 0 Å². The van der Waals surface area contributed by atoms with Gasteiger partial charge < -0.3 is 21.3 Å². The Hall–Kier alpha value is -1.14. The summed E-state index contributed by atoms with van der Waals surface area (Å²) >= 11 is 0. The number of carbonyl (C=O) groups is 2. The van der Waals surface area contributed by atoms with Gasteiger partial charge in [-0.15, -0.1) is 0 Å². The van der Waals surface area contributed by atoms with Gasteiger partial charge in [0.1, 0.15) is 12.1 Å². The Bertz CT molecular complexity index is 195. The largest absolute Gasteiger partial charge is 0.480 e. The number of carboxylic acid groups (broad SMARTS) is 1. The molecule has 0 radical (unpaired) electrons. The predicted molar refractivity (Wildman–Crippen MR) is 44.8 cm³/mol. The highest BCUT2D eigenvalue weighted by Gasteiger charge is 2.27. The van der Waals surface area contributed by atoms with Crippen molar-refractivity contribution in [2.24, 2.45) is 11.5 Å². The van der Waals surface area contributed by atoms with Crippen molar-refractivity contribution < 1.29 is 19.4 Å². The van der Waals surface area contributed by atoms with Crippen molar-refractivity contribution >= 4 is 11.9 Å². The summed E-state index contributed by atoms with van der Waals surface area (Å²) in [7, 11) is 0. The van der Waals surface area contributed by atoms with Gasteiger partial charge in [-0.1, -0.05) is 6.92 Å². The van der Waals surface area contributed by atoms with Gasteiger partial charge in [-0.3, -0.25) is 9.59 Å². The molecule has 6 heteroatoms. The van der Waals surface area contributed by atoms with E-state index < -0.39 is 24.0 Å². The number of carboxylic acids is 1. The third-order valence-corrected chi connectivity index (χ3v) is 1.39. The van der Waals surface area contributed by atoms with E-state index in [1.54, 1.807) is 0 Å². The molecule has 13 heavy (non-hydrogen) atoms. The molecule has 0 amide bonds. The SMILES string of the molecule is CCCOC(=O)[C@@H](N)C(N)C(=O)O. The fourth-order valence-corrected chi connectivity index (χ4v) is 0.599. The molecule has 0 fully saturated rings. The Balaban J connectivity index is 4.01. The summed E-state index contributed by atoms with van der Waals surface area (Å²) in [5.41, 5.74) is 10.3. The molecule has 0 aromatic heterocycles. The van der Waals surface area contributed by atoms with Gasteiger partial charge in [0, 0.05) is 0 Å². The minimum absolute atomic E-state index is 0.221. The maximum atomic E-state index is 11.0. The molecular weight excluding hydrogens is 176 g/mol. The second kappa shape index (κ2) is 5.50. The van der Waals surface area contributed by atoms with E-state index in [4.69, 9.17) is 16.6 Å². The molecule has 0 saturated heterocycles. The number of esters is 1. The van der Waals surface area contributed by atoms with Gasteiger partial charge in [0.15, 0.2) is 0 Å². The normalized spacial score (nSPS) is 14.7. The van der Waals surface area contributed by atoms with Crippen molar-refractivity contribution in [3.63, 3.8) is 0 Å². The number of hydrogen-bond acceptors (Lipinski definition) is 5. The fraction of sp³-hybridized carbons (Fsp3) is 0.714. The molecule has 1 unspecified atom stereocenters. The maximum absolute atomic E-state index is 11.0. The Morgan fingerprint density at radius 1 is 1.38 bits per heavy atom. The first kappa shape index (κ1) is 11.9. The number of hydrogen-bond donors (Lipinski definition) is 3. The summed E-state index contributed by atoms with van der Waals surface area (Å²) in [4.78, 5) is 21.3. The number of carbonyl (C=O) groups excluding carboxylic acids is 1. The topological polar surface area (TPSA) is 116 Å². The zero-order valence-electron chi connectivity index (χ0n) is 7.40. The maximum Gasteiger partial charge on any atom is 0.325 e. The van der Waals surface area contributed by atoms with Gasteiger partial charge in [-0.05, 0) is 6.42 Å². The molecule has 0 rings (SSSR count). The highest BCUT2D eigenvalue weighted by atomic mass is 16.5. The van der Waals surface area contributed by atoms with Gasteiger partial charge in [0.05, 0.1) is 6.61 Å². The molecular formula is C7H14N2O4. The zero-order valence-corrected chi connectivity index (χ0v) is 7.40. The summed E-state index contributed by atoms with van der Waals surface area (Å²) in [6.07, 6.45) is 0.654. The van der Waals surface area contributed by atoms with Crippen LogP contribution in [0.5, 0.6) is 0 Å². The standard InChI is InChI=1S/C7H14N2O4/c1-2-3-13-7(12)5(9)4(8)6(10)11/h4-5H,2-3,8-9H2,1H3,(H,10,11)/t4?,5-/m0/s1. The van der Waals surface area contributed by atoms with E-state index in [1.807, 2.05) is 6.92 Å². The highest BCUT2D eigenvalue weighted by Crippen LogP contribution is 1.92. The summed E-state index contributed by atoms with van der Waals surface area (Å²) in [6, 6.07) is -2.71. The average molecular weight is 190 g/mol. The summed E-state index contributed by atoms with van der Waals surface area (Å²) in [5.74, 6) is -2.10. The minimum atomic E-state index is -1.41. The highest BCUT2D eigenvalue weighted by molar-refractivity contribution is 5.85. The zero-order chi connectivity index (χ0) is 10.4. The fourth-order valence-electron chi connectivity index (χ4n) is 0.599. The van der Waals surface area contributed by atoms with Crippen LogP contribution < -0.4 is 11.5 Å². The number of aliphatic carboxylic acids is 1. The third kappa shape index (κ3) is 3.86. The lowest BCUT2D eigenvalue weighted by atomic mass is 10.1. The molecule has 0 spiro atoms. The lowest BCUT2D eigenvalue weighted by Gasteiger charge is -2.14. The Morgan fingerprint density at radius 2 is 1.92 bits per heavy atom. The Labute approximate surface area is 75.8 Å². The van der Waals surface area contributed by atoms with Crippen molar-refractivity contribution in [1.29, 1.82) is 0 Å². The molecule has 76 valence electrons. The summed E-state index contributed by atoms with van der Waals surface area (Å²) < 4.78 is 4.62. The van der Waals surface area contributed by atoms with Gasteiger partial charge in [-0.2, -0.15) is 0 Å². The predicted octanol–water partition coefficient (Wildman–Crippen LogP) is -1.32. The first-order valence-electron chi connectivity index (χ1n) is 3.91. The Kier molecular flexibility index (Phi) is 5.01. The van der Waals surface area contributed by atoms with Crippen molar-refractivity contribution in [2.75, 3.05) is 6.61 Å². The first-order valence-corrected chi connectivity index (χ1v) is 3.91. The Morgan fingerprint density at radius 3 is 2.31 bits per heavy atom. The molecule has 2 atom stereocenters. The van der Waals surface area contributed by atoms with Crippen LogP contribution in [0.15, 0.2) is 0 Å². The van der Waals surface area contributed by atoms with Crippen LogP contribution in [-0.2, 0) is 14.3 Å². The minimum Gasteiger partial charge on any atom is -0.480 e. The monoisotopic (exact) mass is 190 g/mol. The van der Waals surface area contributed by atoms with Crippen LogP contribution in [0.4, 0.5) is 0 Å². The van der Waals surface area contributed by atoms with E-state index in [-0.39, 0.29) is 6.61 Å². The van der Waals surface area contributed by atoms with E-state index in [0.717, 1.165) is 0 Å². The number of rotatable bonds is 5. The van der Waals surface area contributed by atoms with Gasteiger partial charge in [-0.25, -0.2) is 0 Å². The van der Waals surface area contributed by atoms with Crippen LogP contribution in [0.2, 0.25) is 0 Å². The van der Waals surface area contributed by atoms with E-state index in [2.05, 4.69) is 4.74 Å². The van der Waals surface area contributed by atoms with Crippen molar-refractivity contribution in [2.45, 2.75) is 25.4 Å². The van der Waals surface area contributed by atoms with E-state index in [0.29, 0.717) is 6.42 Å². The van der Waals surface area contributed by atoms with Gasteiger partial charge >= 0.3 is 11.9 Å². The van der Waals surface area contributed by atoms with E-state index in [1.165, 1.54) is 0 Å². The first-order chi connectivity index (χ1) is 6.00. The lowest BCUT2D eigenvalue weighted by Crippen LogP contribution is -2.52. The molecule has 0 bridgehead atoms. The van der Waals surface area contributed by atoms with Crippen molar-refractivity contribution in [3.8, 4) is 0 Å². The van der Waals surface area contributed by atoms with Crippen LogP contribution >= 0.6 is 0 Å². The van der Waals surface area contributed by atoms with Crippen LogP contribution in [0.3, 0.4) is 0 Å². The van der Waals surface area contributed by atoms with Crippen LogP contribution in [0, 0.1) is 0 Å². The molecule has 5 N–H and O–H groups in total. The molecule has 0 aromatic carbocycles. The molecule has 0 saturated carbocycles. The van der Waals surface area contributed by atoms with Crippen molar-refractivity contribution in [3.05, 3.63) is 0 Å². The number of nitrogens with two attached hydrogens (primary N) is 2. The second-order valence-electron chi connectivity index (χ2n) is 2.56. The number of ether oxygens (including phenoxy) is 1. The molecule has 0 aliphatic carbocycles. The smallest absolute Gasteiger partial charge is 0.325 e. The van der Waals surface area contributed by atoms with E-state index in [9.17, 15) is 9.59 Å². The molecule has 6 nitrogen and oxygen atoms in total. The summed E-state index contributed by atoms with van der Waals surface area (Å²) in [6.45, 7) is 2.04. The van der Waals surface area contributed by atoms with Gasteiger partial charge in [0.2, 0.25) is 0 Å². The molecule has 0 heterocycles. The van der Waals surface area contributed by atoms with Crippen LogP contribution in [0.1, 0.15) is 13.3 Å². The lowest BCUT2D eigenvalue weighted by molar-refractivity contribution is -0.150.